The summed E-state index contributed by atoms with van der Waals surface area (Å²) < 4.78 is 6.41. The first-order valence-electron chi connectivity index (χ1n) is 22.7. The van der Waals surface area contributed by atoms with Gasteiger partial charge < -0.3 is 51.6 Å². The standard InChI is InChI=1S/2C24H40N4O2.3CH4O.Mn.3H2O/c2*1-21(2,3)15-13-17(23(7,8)9)27(25-15)19(20(29)30)28-18(24(10,11)12)14-16(26-28)22(4,5)6;3*1-2;;;;/h2*13-14,19H,1-12H3,(H,29,30);3*2H,1H3;;3*1H2/q;;;;;+2;;;. The summed E-state index contributed by atoms with van der Waals surface area (Å²) in [7, 11) is 3.00. The maximum absolute atomic E-state index is 12.5. The van der Waals surface area contributed by atoms with E-state index >= 15 is 0 Å². The number of hydrogen-bond donors (Lipinski definition) is 3. The first-order chi connectivity index (χ1) is 29.5. The molecule has 19 heteroatoms. The zero-order valence-electron chi connectivity index (χ0n) is 48.0. The van der Waals surface area contributed by atoms with Gasteiger partial charge in [-0.3, -0.25) is 0 Å². The van der Waals surface area contributed by atoms with E-state index in [-0.39, 0.29) is 76.8 Å². The zero-order valence-corrected chi connectivity index (χ0v) is 49.2. The predicted octanol–water partition coefficient (Wildman–Crippen LogP) is 4.29. The minimum absolute atomic E-state index is 0. The molecule has 0 aliphatic carbocycles. The molecule has 0 aromatic carbocycles. The van der Waals surface area contributed by atoms with Crippen LogP contribution in [0.3, 0.4) is 0 Å². The van der Waals surface area contributed by atoms with Gasteiger partial charge in [0, 0.05) is 87.4 Å². The number of carbonyl (C=O) groups is 2. The number of aliphatic carboxylic acids is 2. The van der Waals surface area contributed by atoms with E-state index in [1.54, 1.807) is 18.7 Å². The second kappa shape index (κ2) is 26.7. The molecule has 0 fully saturated rings. The Bertz CT molecular complexity index is 1890. The molecule has 4 heterocycles. The van der Waals surface area contributed by atoms with Crippen molar-refractivity contribution < 1.29 is 68.6 Å². The van der Waals surface area contributed by atoms with Gasteiger partial charge in [0.05, 0.1) is 34.7 Å². The molecular formula is C51H98MnN8O10+2. The average molecular weight is 1040 g/mol. The molecule has 0 aliphatic rings. The SMILES string of the molecule is CC(C)(C)c1cc(C(C)(C)C)n(C(C(=O)[O-])n2nc(C(C)(C)C)cc2C(C)(C)C)n1.CC(C)(C)c1cc(C(C)(C)C)n(C(C(=O)[O-])n2nc(C(C)(C)C)cc2C(C)(C)C)n1.CO.CO.CO.O.[Mn+2].[OH3+].[OH3+]. The molecule has 70 heavy (non-hydrogen) atoms. The average Bonchev–Trinajstić information content (AvgIpc) is 3.94. The van der Waals surface area contributed by atoms with Gasteiger partial charge in [-0.05, 0) is 24.3 Å². The Labute approximate surface area is 431 Å². The summed E-state index contributed by atoms with van der Waals surface area (Å²) in [6.07, 6.45) is -2.33. The van der Waals surface area contributed by atoms with Crippen LogP contribution in [0, 0.1) is 0 Å². The molecule has 18 nitrogen and oxygen atoms in total. The Hall–Kier alpha value is -3.94. The van der Waals surface area contributed by atoms with Crippen LogP contribution in [-0.2, 0) is 80.9 Å². The Balaban J connectivity index is -0.000000345. The van der Waals surface area contributed by atoms with Crippen molar-refractivity contribution in [1.29, 1.82) is 0 Å². The largest absolute Gasteiger partial charge is 2.00 e. The summed E-state index contributed by atoms with van der Waals surface area (Å²) in [6, 6.07) is 8.06. The molecule has 0 unspecified atom stereocenters. The summed E-state index contributed by atoms with van der Waals surface area (Å²) in [6.45, 7) is 49.7. The summed E-state index contributed by atoms with van der Waals surface area (Å²) in [4.78, 5) is 25.1. The van der Waals surface area contributed by atoms with Crippen LogP contribution in [0.25, 0.3) is 0 Å². The number of rotatable bonds is 6. The molecule has 407 valence electrons. The van der Waals surface area contributed by atoms with E-state index in [0.717, 1.165) is 66.9 Å². The summed E-state index contributed by atoms with van der Waals surface area (Å²) in [5.74, 6) is -2.45. The van der Waals surface area contributed by atoms with Gasteiger partial charge in [0.15, 0.2) is 12.3 Å². The van der Waals surface area contributed by atoms with Crippen LogP contribution in [0.15, 0.2) is 24.3 Å². The van der Waals surface area contributed by atoms with Crippen molar-refractivity contribution in [2.75, 3.05) is 21.3 Å². The van der Waals surface area contributed by atoms with Crippen molar-refractivity contribution in [3.63, 3.8) is 0 Å². The fraction of sp³-hybridized carbons (Fsp3) is 0.725. The van der Waals surface area contributed by atoms with Crippen LogP contribution >= 0.6 is 0 Å². The Kier molecular flexibility index (Phi) is 28.6. The normalized spacial score (nSPS) is 12.2. The molecule has 4 aromatic rings. The third kappa shape index (κ3) is 18.9. The minimum Gasteiger partial charge on any atom is -0.546 e. The number of carbonyl (C=O) groups excluding carboxylic acids is 2. The van der Waals surface area contributed by atoms with E-state index in [2.05, 4.69) is 166 Å². The molecule has 4 rings (SSSR count). The van der Waals surface area contributed by atoms with Gasteiger partial charge in [-0.1, -0.05) is 166 Å². The number of aromatic nitrogens is 8. The molecule has 0 amide bonds. The summed E-state index contributed by atoms with van der Waals surface area (Å²) in [5, 5.41) is 65.2. The maximum Gasteiger partial charge on any atom is 2.00 e. The van der Waals surface area contributed by atoms with Crippen LogP contribution < -0.4 is 10.2 Å². The van der Waals surface area contributed by atoms with Gasteiger partial charge in [-0.25, -0.2) is 18.7 Å². The van der Waals surface area contributed by atoms with E-state index in [1.807, 2.05) is 24.3 Å². The predicted molar refractivity (Wildman–Crippen MR) is 275 cm³/mol. The molecule has 0 atom stereocenters. The van der Waals surface area contributed by atoms with E-state index in [4.69, 9.17) is 35.7 Å². The molecule has 11 N–H and O–H groups in total. The monoisotopic (exact) mass is 1040 g/mol. The molecular weight excluding hydrogens is 940 g/mol. The Morgan fingerprint density at radius 3 is 0.586 bits per heavy atom. The van der Waals surface area contributed by atoms with Crippen molar-refractivity contribution in [2.45, 2.75) is 222 Å². The topological polar surface area (TPSA) is 310 Å². The fourth-order valence-corrected chi connectivity index (χ4v) is 6.64. The smallest absolute Gasteiger partial charge is 0.546 e. The maximum atomic E-state index is 12.5. The van der Waals surface area contributed by atoms with Crippen molar-refractivity contribution in [3.05, 3.63) is 69.8 Å². The van der Waals surface area contributed by atoms with Gasteiger partial charge in [0.25, 0.3) is 0 Å². The first-order valence-corrected chi connectivity index (χ1v) is 22.7. The van der Waals surface area contributed by atoms with E-state index in [1.165, 1.54) is 0 Å². The van der Waals surface area contributed by atoms with Crippen LogP contribution in [0.5, 0.6) is 0 Å². The van der Waals surface area contributed by atoms with Crippen LogP contribution in [0.1, 0.15) is 224 Å². The van der Waals surface area contributed by atoms with Crippen molar-refractivity contribution in [2.24, 2.45) is 0 Å². The molecule has 0 saturated heterocycles. The minimum atomic E-state index is -1.22. The van der Waals surface area contributed by atoms with Crippen LogP contribution in [0.2, 0.25) is 0 Å². The van der Waals surface area contributed by atoms with Crippen molar-refractivity contribution in [1.82, 2.24) is 39.1 Å². The Morgan fingerprint density at radius 1 is 0.371 bits per heavy atom. The summed E-state index contributed by atoms with van der Waals surface area (Å²) >= 11 is 0. The molecule has 4 aromatic heterocycles. The molecule has 1 radical (unpaired) electrons. The molecule has 0 spiro atoms. The third-order valence-electron chi connectivity index (χ3n) is 10.4. The zero-order chi connectivity index (χ0) is 52.9. The molecule has 0 aliphatic heterocycles. The van der Waals surface area contributed by atoms with Crippen LogP contribution in [0.4, 0.5) is 0 Å². The third-order valence-corrected chi connectivity index (χ3v) is 10.4. The number of nitrogens with zero attached hydrogens (tertiary/aromatic N) is 8. The number of carboxylic acid groups (broad SMARTS) is 2. The fourth-order valence-electron chi connectivity index (χ4n) is 6.64. The Morgan fingerprint density at radius 2 is 0.500 bits per heavy atom. The molecule has 0 saturated carbocycles. The second-order valence-electron chi connectivity index (χ2n) is 24.8. The van der Waals surface area contributed by atoms with Crippen molar-refractivity contribution >= 4 is 11.9 Å². The second-order valence-corrected chi connectivity index (χ2v) is 24.8. The van der Waals surface area contributed by atoms with E-state index in [0.29, 0.717) is 0 Å². The summed E-state index contributed by atoms with van der Waals surface area (Å²) in [5.41, 5.74) is 4.70. The van der Waals surface area contributed by atoms with Crippen molar-refractivity contribution in [3.8, 4) is 0 Å². The number of hydrogen-bond acceptors (Lipinski definition) is 11. The molecule has 0 bridgehead atoms. The number of aliphatic hydroxyl groups excluding tert-OH is 3. The van der Waals surface area contributed by atoms with Crippen LogP contribution in [-0.4, -0.2) is 93.2 Å². The van der Waals surface area contributed by atoms with Gasteiger partial charge in [0.1, 0.15) is 0 Å². The quantitative estimate of drug-likeness (QED) is 0.181. The van der Waals surface area contributed by atoms with E-state index in [9.17, 15) is 19.8 Å². The van der Waals surface area contributed by atoms with Gasteiger partial charge >= 0.3 is 17.1 Å². The first kappa shape index (κ1) is 75.0. The van der Waals surface area contributed by atoms with E-state index < -0.39 is 24.3 Å². The van der Waals surface area contributed by atoms with Gasteiger partial charge in [-0.15, -0.1) is 0 Å². The van der Waals surface area contributed by atoms with Gasteiger partial charge in [0.2, 0.25) is 0 Å². The number of carboxylic acids is 2. The number of aliphatic hydroxyl groups is 3. The van der Waals surface area contributed by atoms with Gasteiger partial charge in [-0.2, -0.15) is 20.4 Å².